The SMILES string of the molecule is CCC(C)C1CNC(C)(CC)CN1Cc1cncs1. The maximum Gasteiger partial charge on any atom is 0.0794 e. The summed E-state index contributed by atoms with van der Waals surface area (Å²) in [6, 6.07) is 0.645. The summed E-state index contributed by atoms with van der Waals surface area (Å²) in [5.41, 5.74) is 2.20. The molecule has 0 radical (unpaired) electrons. The van der Waals surface area contributed by atoms with Gasteiger partial charge in [0.2, 0.25) is 0 Å². The molecule has 1 aromatic heterocycles. The summed E-state index contributed by atoms with van der Waals surface area (Å²) >= 11 is 1.77. The van der Waals surface area contributed by atoms with E-state index in [1.807, 2.05) is 11.7 Å². The second-order valence-corrected chi connectivity index (χ2v) is 7.09. The molecule has 0 aromatic carbocycles. The molecule has 0 aliphatic carbocycles. The first-order valence-corrected chi connectivity index (χ1v) is 8.32. The van der Waals surface area contributed by atoms with E-state index in [1.165, 1.54) is 17.7 Å². The van der Waals surface area contributed by atoms with Crippen LogP contribution in [0.25, 0.3) is 0 Å². The Hall–Kier alpha value is -0.450. The summed E-state index contributed by atoms with van der Waals surface area (Å²) in [6.07, 6.45) is 4.44. The molecule has 1 N–H and O–H groups in total. The topological polar surface area (TPSA) is 28.2 Å². The Morgan fingerprint density at radius 3 is 2.95 bits per heavy atom. The van der Waals surface area contributed by atoms with Crippen molar-refractivity contribution in [2.45, 2.75) is 58.7 Å². The molecule has 0 amide bonds. The van der Waals surface area contributed by atoms with Crippen LogP contribution in [0.3, 0.4) is 0 Å². The average Bonchev–Trinajstić information content (AvgIpc) is 2.91. The van der Waals surface area contributed by atoms with E-state index < -0.39 is 0 Å². The van der Waals surface area contributed by atoms with E-state index in [0.29, 0.717) is 6.04 Å². The molecular formula is C15H27N3S. The molecule has 3 nitrogen and oxygen atoms in total. The number of hydrogen-bond donors (Lipinski definition) is 1. The van der Waals surface area contributed by atoms with Gasteiger partial charge in [-0.25, -0.2) is 0 Å². The fraction of sp³-hybridized carbons (Fsp3) is 0.800. The zero-order valence-corrected chi connectivity index (χ0v) is 13.5. The van der Waals surface area contributed by atoms with Crippen molar-refractivity contribution in [2.24, 2.45) is 5.92 Å². The molecule has 0 bridgehead atoms. The van der Waals surface area contributed by atoms with Crippen molar-refractivity contribution in [2.75, 3.05) is 13.1 Å². The third-order valence-electron chi connectivity index (χ3n) is 4.68. The Labute approximate surface area is 121 Å². The fourth-order valence-corrected chi connectivity index (χ4v) is 3.48. The van der Waals surface area contributed by atoms with Crippen LogP contribution >= 0.6 is 11.3 Å². The van der Waals surface area contributed by atoms with Gasteiger partial charge in [0, 0.05) is 42.3 Å². The van der Waals surface area contributed by atoms with Crippen LogP contribution in [0, 0.1) is 5.92 Å². The Kier molecular flexibility index (Phi) is 4.98. The highest BCUT2D eigenvalue weighted by atomic mass is 32.1. The van der Waals surface area contributed by atoms with Crippen LogP contribution in [-0.2, 0) is 6.54 Å². The summed E-state index contributed by atoms with van der Waals surface area (Å²) in [4.78, 5) is 8.26. The number of hydrogen-bond acceptors (Lipinski definition) is 4. The number of nitrogens with zero attached hydrogens (tertiary/aromatic N) is 2. The van der Waals surface area contributed by atoms with Crippen molar-refractivity contribution in [3.05, 3.63) is 16.6 Å². The molecule has 0 spiro atoms. The lowest BCUT2D eigenvalue weighted by Crippen LogP contribution is -2.63. The first-order valence-electron chi connectivity index (χ1n) is 7.44. The monoisotopic (exact) mass is 281 g/mol. The Bertz CT molecular complexity index is 379. The maximum atomic E-state index is 4.21. The third kappa shape index (κ3) is 3.56. The lowest BCUT2D eigenvalue weighted by molar-refractivity contribution is 0.0494. The van der Waals surface area contributed by atoms with Crippen LogP contribution in [0.1, 0.15) is 45.4 Å². The van der Waals surface area contributed by atoms with Crippen molar-refractivity contribution in [3.8, 4) is 0 Å². The van der Waals surface area contributed by atoms with Gasteiger partial charge in [0.15, 0.2) is 0 Å². The second-order valence-electron chi connectivity index (χ2n) is 6.12. The van der Waals surface area contributed by atoms with Gasteiger partial charge < -0.3 is 5.32 Å². The van der Waals surface area contributed by atoms with Crippen molar-refractivity contribution in [1.82, 2.24) is 15.2 Å². The van der Waals surface area contributed by atoms with Gasteiger partial charge >= 0.3 is 0 Å². The van der Waals surface area contributed by atoms with Gasteiger partial charge in [-0.1, -0.05) is 27.2 Å². The third-order valence-corrected chi connectivity index (χ3v) is 5.45. The van der Waals surface area contributed by atoms with Crippen LogP contribution in [0.15, 0.2) is 11.7 Å². The van der Waals surface area contributed by atoms with Crippen LogP contribution in [0.2, 0.25) is 0 Å². The fourth-order valence-electron chi connectivity index (χ4n) is 2.86. The highest BCUT2D eigenvalue weighted by Crippen LogP contribution is 2.26. The lowest BCUT2D eigenvalue weighted by Gasteiger charge is -2.48. The molecule has 1 fully saturated rings. The van der Waals surface area contributed by atoms with Crippen molar-refractivity contribution in [3.63, 3.8) is 0 Å². The molecule has 3 unspecified atom stereocenters. The van der Waals surface area contributed by atoms with E-state index in [1.54, 1.807) is 11.3 Å². The molecule has 19 heavy (non-hydrogen) atoms. The molecule has 108 valence electrons. The minimum Gasteiger partial charge on any atom is -0.309 e. The van der Waals surface area contributed by atoms with E-state index in [4.69, 9.17) is 0 Å². The molecule has 1 aliphatic heterocycles. The summed E-state index contributed by atoms with van der Waals surface area (Å²) in [5, 5.41) is 3.77. The maximum absolute atomic E-state index is 4.21. The van der Waals surface area contributed by atoms with Gasteiger partial charge in [0.1, 0.15) is 0 Å². The molecule has 0 saturated carbocycles. The Balaban J connectivity index is 2.11. The standard InChI is InChI=1S/C15H27N3S/c1-5-12(3)14-8-17-15(4,6-2)10-18(14)9-13-7-16-11-19-13/h7,11-12,14,17H,5-6,8-10H2,1-4H3. The molecule has 4 heteroatoms. The molecule has 3 atom stereocenters. The van der Waals surface area contributed by atoms with Crippen LogP contribution in [0.4, 0.5) is 0 Å². The highest BCUT2D eigenvalue weighted by Gasteiger charge is 2.36. The number of rotatable bonds is 5. The van der Waals surface area contributed by atoms with Gasteiger partial charge in [-0.05, 0) is 19.3 Å². The quantitative estimate of drug-likeness (QED) is 0.899. The van der Waals surface area contributed by atoms with Crippen LogP contribution in [-0.4, -0.2) is 34.6 Å². The average molecular weight is 281 g/mol. The Morgan fingerprint density at radius 1 is 1.58 bits per heavy atom. The second kappa shape index (κ2) is 6.33. The molecular weight excluding hydrogens is 254 g/mol. The molecule has 1 saturated heterocycles. The van der Waals surface area contributed by atoms with Gasteiger partial charge in [0.05, 0.1) is 5.51 Å². The number of aromatic nitrogens is 1. The molecule has 1 aliphatic rings. The summed E-state index contributed by atoms with van der Waals surface area (Å²) in [5.74, 6) is 0.738. The minimum atomic E-state index is 0.259. The van der Waals surface area contributed by atoms with Gasteiger partial charge in [-0.3, -0.25) is 9.88 Å². The zero-order chi connectivity index (χ0) is 13.9. The first kappa shape index (κ1) is 14.9. The Morgan fingerprint density at radius 2 is 2.37 bits per heavy atom. The van der Waals surface area contributed by atoms with E-state index in [0.717, 1.165) is 25.6 Å². The number of nitrogens with one attached hydrogen (secondary N) is 1. The summed E-state index contributed by atoms with van der Waals surface area (Å²) in [7, 11) is 0. The van der Waals surface area contributed by atoms with Crippen molar-refractivity contribution in [1.29, 1.82) is 0 Å². The highest BCUT2D eigenvalue weighted by molar-refractivity contribution is 7.09. The number of piperazine rings is 1. The van der Waals surface area contributed by atoms with Crippen molar-refractivity contribution < 1.29 is 0 Å². The molecule has 2 heterocycles. The van der Waals surface area contributed by atoms with Gasteiger partial charge in [-0.2, -0.15) is 0 Å². The van der Waals surface area contributed by atoms with Crippen molar-refractivity contribution >= 4 is 11.3 Å². The van der Waals surface area contributed by atoms with E-state index >= 15 is 0 Å². The van der Waals surface area contributed by atoms with Gasteiger partial charge in [0.25, 0.3) is 0 Å². The van der Waals surface area contributed by atoms with Crippen LogP contribution in [0.5, 0.6) is 0 Å². The smallest absolute Gasteiger partial charge is 0.0794 e. The lowest BCUT2D eigenvalue weighted by atomic mass is 9.88. The number of thiazole rings is 1. The van der Waals surface area contributed by atoms with E-state index in [9.17, 15) is 0 Å². The molecule has 1 aromatic rings. The molecule has 2 rings (SSSR count). The summed E-state index contributed by atoms with van der Waals surface area (Å²) < 4.78 is 0. The van der Waals surface area contributed by atoms with E-state index in [-0.39, 0.29) is 5.54 Å². The predicted octanol–water partition coefficient (Wildman–Crippen LogP) is 3.13. The van der Waals surface area contributed by atoms with Gasteiger partial charge in [-0.15, -0.1) is 11.3 Å². The minimum absolute atomic E-state index is 0.259. The summed E-state index contributed by atoms with van der Waals surface area (Å²) in [6.45, 7) is 12.6. The van der Waals surface area contributed by atoms with E-state index in [2.05, 4.69) is 42.9 Å². The zero-order valence-electron chi connectivity index (χ0n) is 12.6. The predicted molar refractivity (Wildman–Crippen MR) is 82.5 cm³/mol. The largest absolute Gasteiger partial charge is 0.309 e. The normalized spacial score (nSPS) is 30.4. The van der Waals surface area contributed by atoms with Crippen LogP contribution < -0.4 is 5.32 Å². The first-order chi connectivity index (χ1) is 9.08.